The van der Waals surface area contributed by atoms with Crippen molar-refractivity contribution < 1.29 is 38.5 Å². The summed E-state index contributed by atoms with van der Waals surface area (Å²) in [6, 6.07) is 4.93. The highest BCUT2D eigenvalue weighted by Gasteiger charge is 2.09. The van der Waals surface area contributed by atoms with Crippen LogP contribution in [-0.4, -0.2) is 53.0 Å². The van der Waals surface area contributed by atoms with Crippen molar-refractivity contribution >= 4 is 23.9 Å². The third kappa shape index (κ3) is 17.1. The molecule has 0 heterocycles. The summed E-state index contributed by atoms with van der Waals surface area (Å²) in [4.78, 5) is 40.3. The van der Waals surface area contributed by atoms with Gasteiger partial charge in [0.2, 0.25) is 0 Å². The Kier molecular flexibility index (Phi) is 13.6. The summed E-state index contributed by atoms with van der Waals surface area (Å²) in [7, 11) is 1.20. The minimum atomic E-state index is -0.833. The van der Waals surface area contributed by atoms with Crippen LogP contribution in [0.25, 0.3) is 0 Å². The Morgan fingerprint density at radius 2 is 1.54 bits per heavy atom. The molecule has 0 spiro atoms. The zero-order valence-electron chi connectivity index (χ0n) is 14.4. The van der Waals surface area contributed by atoms with Gasteiger partial charge >= 0.3 is 6.09 Å². The number of nitrogens with zero attached hydrogens (tertiary/aromatic N) is 1. The molecule has 11 nitrogen and oxygen atoms in total. The van der Waals surface area contributed by atoms with E-state index in [2.05, 4.69) is 15.5 Å². The Morgan fingerprint density at radius 3 is 1.92 bits per heavy atom. The second-order valence-electron chi connectivity index (χ2n) is 4.28. The molecule has 0 saturated carbocycles. The predicted octanol–water partition coefficient (Wildman–Crippen LogP) is 0.142. The molecule has 2 amide bonds. The Hall–Kier alpha value is -3.25. The number of amides is 2. The van der Waals surface area contributed by atoms with Gasteiger partial charge in [-0.25, -0.2) is 15.0 Å². The van der Waals surface area contributed by atoms with E-state index in [1.54, 1.807) is 0 Å². The number of aliphatic carboxylic acids is 2. The van der Waals surface area contributed by atoms with Crippen molar-refractivity contribution in [2.45, 2.75) is 13.8 Å². The van der Waals surface area contributed by atoms with Crippen molar-refractivity contribution in [2.24, 2.45) is 5.84 Å². The first-order valence-corrected chi connectivity index (χ1v) is 6.79. The highest BCUT2D eigenvalue weighted by molar-refractivity contribution is 5.93. The Balaban J connectivity index is 0. The van der Waals surface area contributed by atoms with Gasteiger partial charge in [0.1, 0.15) is 12.5 Å². The topological polar surface area (TPSA) is 171 Å². The van der Waals surface area contributed by atoms with Crippen LogP contribution in [0.1, 0.15) is 24.2 Å². The molecular formula is C14H21FN4O7. The van der Waals surface area contributed by atoms with Gasteiger partial charge in [-0.05, 0) is 24.3 Å². The maximum absolute atomic E-state index is 12.6. The number of nitrogens with one attached hydrogen (secondary N) is 2. The number of hydrogen-bond acceptors (Lipinski definition) is 7. The molecule has 0 atom stereocenters. The van der Waals surface area contributed by atoms with E-state index >= 15 is 0 Å². The van der Waals surface area contributed by atoms with Crippen molar-refractivity contribution in [3.63, 3.8) is 0 Å². The number of carboxylic acid groups (broad SMARTS) is 2. The molecule has 0 unspecified atom stereocenters. The molecule has 0 aliphatic heterocycles. The zero-order valence-corrected chi connectivity index (χ0v) is 14.4. The van der Waals surface area contributed by atoms with Crippen LogP contribution in [0.2, 0.25) is 0 Å². The molecule has 6 N–H and O–H groups in total. The molecule has 1 aromatic rings. The average Bonchev–Trinajstić information content (AvgIpc) is 2.52. The summed E-state index contributed by atoms with van der Waals surface area (Å²) in [6.45, 7) is 2.03. The van der Waals surface area contributed by atoms with Crippen molar-refractivity contribution in [1.82, 2.24) is 15.9 Å². The number of carboxylic acids is 2. The van der Waals surface area contributed by atoms with Crippen LogP contribution < -0.4 is 16.6 Å². The standard InChI is InChI=1S/C10H13FN4O3.2C2H4O2/c1-18-10(17)13-6-15(12)14-9(16)7-2-4-8(11)5-3-7;2*1-2(3)4/h2-5H,6,12H2,1H3,(H,13,17)(H,14,16);2*1H3,(H,3,4). The second kappa shape index (κ2) is 14.1. The first-order valence-electron chi connectivity index (χ1n) is 6.79. The van der Waals surface area contributed by atoms with Gasteiger partial charge in [-0.2, -0.15) is 0 Å². The van der Waals surface area contributed by atoms with Crippen LogP contribution in [0, 0.1) is 5.82 Å². The summed E-state index contributed by atoms with van der Waals surface area (Å²) < 4.78 is 16.9. The molecule has 0 fully saturated rings. The van der Waals surface area contributed by atoms with Crippen LogP contribution in [0.3, 0.4) is 0 Å². The van der Waals surface area contributed by atoms with E-state index in [9.17, 15) is 14.0 Å². The minimum Gasteiger partial charge on any atom is -0.481 e. The number of halogens is 1. The highest BCUT2D eigenvalue weighted by Crippen LogP contribution is 2.02. The van der Waals surface area contributed by atoms with Crippen molar-refractivity contribution in [2.75, 3.05) is 13.8 Å². The third-order valence-electron chi connectivity index (χ3n) is 1.93. The lowest BCUT2D eigenvalue weighted by molar-refractivity contribution is -0.135. The molecule has 26 heavy (non-hydrogen) atoms. The fourth-order valence-electron chi connectivity index (χ4n) is 1.06. The summed E-state index contributed by atoms with van der Waals surface area (Å²) >= 11 is 0. The SMILES string of the molecule is CC(=O)O.CC(=O)O.COC(=O)NCN(N)NC(=O)c1ccc(F)cc1. The molecule has 0 radical (unpaired) electrons. The fraction of sp³-hybridized carbons (Fsp3) is 0.286. The number of hydrogen-bond donors (Lipinski definition) is 5. The zero-order chi connectivity index (χ0) is 20.7. The molecule has 12 heteroatoms. The monoisotopic (exact) mass is 376 g/mol. The lowest BCUT2D eigenvalue weighted by atomic mass is 10.2. The molecule has 146 valence electrons. The van der Waals surface area contributed by atoms with Crippen LogP contribution in [0.15, 0.2) is 24.3 Å². The van der Waals surface area contributed by atoms with E-state index < -0.39 is 29.8 Å². The molecule has 0 aliphatic carbocycles. The van der Waals surface area contributed by atoms with Crippen LogP contribution >= 0.6 is 0 Å². The lowest BCUT2D eigenvalue weighted by Crippen LogP contribution is -2.52. The van der Waals surface area contributed by atoms with E-state index in [4.69, 9.17) is 25.6 Å². The van der Waals surface area contributed by atoms with Gasteiger partial charge in [0.15, 0.2) is 0 Å². The Labute approximate surface area is 148 Å². The molecular weight excluding hydrogens is 355 g/mol. The number of ether oxygens (including phenoxy) is 1. The number of carbonyl (C=O) groups is 4. The number of alkyl carbamates (subject to hydrolysis) is 1. The van der Waals surface area contributed by atoms with Gasteiger partial charge in [-0.15, -0.1) is 5.12 Å². The van der Waals surface area contributed by atoms with Gasteiger partial charge in [0, 0.05) is 19.4 Å². The van der Waals surface area contributed by atoms with Crippen LogP contribution in [0.4, 0.5) is 9.18 Å². The van der Waals surface area contributed by atoms with Crippen molar-refractivity contribution in [3.8, 4) is 0 Å². The van der Waals surface area contributed by atoms with Gasteiger partial charge in [0.25, 0.3) is 17.8 Å². The lowest BCUT2D eigenvalue weighted by Gasteiger charge is -2.17. The molecule has 1 aromatic carbocycles. The summed E-state index contributed by atoms with van der Waals surface area (Å²) in [6.07, 6.45) is -0.679. The number of carbonyl (C=O) groups excluding carboxylic acids is 2. The van der Waals surface area contributed by atoms with Crippen LogP contribution in [-0.2, 0) is 14.3 Å². The Morgan fingerprint density at radius 1 is 1.12 bits per heavy atom. The molecule has 0 aliphatic rings. The van der Waals surface area contributed by atoms with E-state index in [0.29, 0.717) is 0 Å². The normalized spacial score (nSPS) is 8.85. The fourth-order valence-corrected chi connectivity index (χ4v) is 1.06. The predicted molar refractivity (Wildman–Crippen MR) is 86.9 cm³/mol. The van der Waals surface area contributed by atoms with Crippen LogP contribution in [0.5, 0.6) is 0 Å². The number of nitrogens with two attached hydrogens (primary N) is 1. The van der Waals surface area contributed by atoms with E-state index in [-0.39, 0.29) is 12.2 Å². The molecule has 0 saturated heterocycles. The van der Waals surface area contributed by atoms with E-state index in [0.717, 1.165) is 31.1 Å². The molecule has 1 rings (SSSR count). The quantitative estimate of drug-likeness (QED) is 0.278. The molecule has 0 aromatic heterocycles. The largest absolute Gasteiger partial charge is 0.481 e. The summed E-state index contributed by atoms with van der Waals surface area (Å²) in [5, 5.41) is 18.0. The van der Waals surface area contributed by atoms with Crippen molar-refractivity contribution in [3.05, 3.63) is 35.6 Å². The summed E-state index contributed by atoms with van der Waals surface area (Å²) in [5.41, 5.74) is 2.52. The number of benzene rings is 1. The van der Waals surface area contributed by atoms with Gasteiger partial charge < -0.3 is 20.3 Å². The molecule has 0 bridgehead atoms. The van der Waals surface area contributed by atoms with Crippen molar-refractivity contribution in [1.29, 1.82) is 0 Å². The first-order chi connectivity index (χ1) is 12.0. The Bertz CT molecular complexity index is 575. The van der Waals surface area contributed by atoms with Gasteiger partial charge in [0.05, 0.1) is 7.11 Å². The van der Waals surface area contributed by atoms with E-state index in [1.807, 2.05) is 0 Å². The average molecular weight is 376 g/mol. The van der Waals surface area contributed by atoms with Gasteiger partial charge in [-0.3, -0.25) is 19.8 Å². The maximum atomic E-state index is 12.6. The third-order valence-corrected chi connectivity index (χ3v) is 1.93. The maximum Gasteiger partial charge on any atom is 0.407 e. The smallest absolute Gasteiger partial charge is 0.407 e. The summed E-state index contributed by atoms with van der Waals surface area (Å²) in [5.74, 6) is 2.77. The highest BCUT2D eigenvalue weighted by atomic mass is 19.1. The minimum absolute atomic E-state index is 0.139. The van der Waals surface area contributed by atoms with Gasteiger partial charge in [-0.1, -0.05) is 0 Å². The second-order valence-corrected chi connectivity index (χ2v) is 4.28. The first kappa shape index (κ1) is 25.0. The van der Waals surface area contributed by atoms with E-state index in [1.165, 1.54) is 19.2 Å². The number of hydrazine groups is 2. The number of methoxy groups -OCH3 is 1. The number of rotatable bonds is 4.